The monoisotopic (exact) mass is 397 g/mol. The Hall–Kier alpha value is -2.39. The lowest BCUT2D eigenvalue weighted by Crippen LogP contribution is -2.19. The van der Waals surface area contributed by atoms with Crippen molar-refractivity contribution < 1.29 is 22.5 Å². The number of halogens is 3. The quantitative estimate of drug-likeness (QED) is 0.641. The number of aromatic nitrogens is 2. The number of benzene rings is 2. The summed E-state index contributed by atoms with van der Waals surface area (Å²) in [6, 6.07) is 12.0. The second-order valence-corrected chi connectivity index (χ2v) is 7.50. The van der Waals surface area contributed by atoms with E-state index in [0.717, 1.165) is 11.3 Å². The topological polar surface area (TPSA) is 64.2 Å². The van der Waals surface area contributed by atoms with Gasteiger partial charge in [0.2, 0.25) is 0 Å². The minimum atomic E-state index is -4.41. The zero-order valence-corrected chi connectivity index (χ0v) is 15.5. The molecule has 3 rings (SSSR count). The third-order valence-corrected chi connectivity index (χ3v) is 5.01. The lowest BCUT2D eigenvalue weighted by Gasteiger charge is -2.17. The van der Waals surface area contributed by atoms with Crippen LogP contribution in [0.1, 0.15) is 5.56 Å². The van der Waals surface area contributed by atoms with Gasteiger partial charge < -0.3 is 14.2 Å². The van der Waals surface area contributed by atoms with E-state index in [1.54, 1.807) is 6.07 Å². The molecular formula is C18H18F3N3O2S. The Balaban J connectivity index is 1.78. The number of nitrogens with zero attached hydrogens (tertiary/aromatic N) is 2. The molecule has 0 aliphatic carbocycles. The highest BCUT2D eigenvalue weighted by atomic mass is 32.2. The third-order valence-electron chi connectivity index (χ3n) is 3.81. The van der Waals surface area contributed by atoms with Crippen molar-refractivity contribution in [1.82, 2.24) is 9.97 Å². The van der Waals surface area contributed by atoms with Crippen LogP contribution in [0.3, 0.4) is 0 Å². The van der Waals surface area contributed by atoms with E-state index in [1.807, 2.05) is 43.3 Å². The number of rotatable bonds is 6. The van der Waals surface area contributed by atoms with Crippen LogP contribution in [0.15, 0.2) is 47.6 Å². The average molecular weight is 397 g/mol. The molecule has 27 heavy (non-hydrogen) atoms. The van der Waals surface area contributed by atoms with Crippen molar-refractivity contribution in [3.05, 3.63) is 48.0 Å². The largest absolute Gasteiger partial charge is 0.609 e. The Morgan fingerprint density at radius 3 is 2.63 bits per heavy atom. The zero-order chi connectivity index (χ0) is 19.6. The Bertz CT molecular complexity index is 928. The highest BCUT2D eigenvalue weighted by Gasteiger charge is 2.28. The van der Waals surface area contributed by atoms with E-state index in [2.05, 4.69) is 9.97 Å². The molecule has 0 fully saturated rings. The van der Waals surface area contributed by atoms with Gasteiger partial charge in [-0.3, -0.25) is 4.98 Å². The molecule has 5 nitrogen and oxygen atoms in total. The van der Waals surface area contributed by atoms with E-state index in [-0.39, 0.29) is 16.7 Å². The van der Waals surface area contributed by atoms with Crippen molar-refractivity contribution in [2.24, 2.45) is 0 Å². The van der Waals surface area contributed by atoms with Gasteiger partial charge in [0.15, 0.2) is 6.61 Å². The van der Waals surface area contributed by atoms with Crippen LogP contribution in [0, 0.1) is 0 Å². The maximum absolute atomic E-state index is 12.7. The number of alkyl halides is 3. The molecule has 144 valence electrons. The van der Waals surface area contributed by atoms with E-state index in [0.29, 0.717) is 11.0 Å². The molecule has 3 aromatic rings. The van der Waals surface area contributed by atoms with Crippen molar-refractivity contribution in [3.8, 4) is 5.75 Å². The highest BCUT2D eigenvalue weighted by Crippen LogP contribution is 2.26. The van der Waals surface area contributed by atoms with Gasteiger partial charge in [-0.2, -0.15) is 18.2 Å². The molecule has 0 radical (unpaired) electrons. The van der Waals surface area contributed by atoms with Crippen LogP contribution in [-0.4, -0.2) is 41.4 Å². The Morgan fingerprint density at radius 2 is 1.93 bits per heavy atom. The maximum Gasteiger partial charge on any atom is 0.422 e. The Labute approximate surface area is 157 Å². The summed E-state index contributed by atoms with van der Waals surface area (Å²) >= 11 is -1.43. The molecule has 2 aromatic carbocycles. The number of imidazole rings is 1. The maximum atomic E-state index is 12.7. The van der Waals surface area contributed by atoms with Crippen LogP contribution >= 0.6 is 0 Å². The molecule has 0 aliphatic heterocycles. The fraction of sp³-hybridized carbons (Fsp3) is 0.278. The van der Waals surface area contributed by atoms with E-state index in [1.165, 1.54) is 12.1 Å². The first kappa shape index (κ1) is 19.4. The molecule has 0 saturated heterocycles. The highest BCUT2D eigenvalue weighted by molar-refractivity contribution is 7.90. The first-order chi connectivity index (χ1) is 12.7. The third kappa shape index (κ3) is 4.86. The van der Waals surface area contributed by atoms with Crippen LogP contribution < -0.4 is 9.64 Å². The first-order valence-electron chi connectivity index (χ1n) is 8.06. The van der Waals surface area contributed by atoms with E-state index in [9.17, 15) is 17.7 Å². The lowest BCUT2D eigenvalue weighted by atomic mass is 10.2. The smallest absolute Gasteiger partial charge is 0.422 e. The Morgan fingerprint density at radius 1 is 1.19 bits per heavy atom. The van der Waals surface area contributed by atoms with Crippen molar-refractivity contribution in [2.45, 2.75) is 17.1 Å². The van der Waals surface area contributed by atoms with Crippen LogP contribution in [0.25, 0.3) is 11.0 Å². The fourth-order valence-electron chi connectivity index (χ4n) is 2.60. The number of hydrogen-bond acceptors (Lipinski definition) is 4. The number of para-hydroxylation sites is 1. The summed E-state index contributed by atoms with van der Waals surface area (Å²) in [6.45, 7) is -1.37. The number of nitrogens with one attached hydrogen (secondary N) is 1. The van der Waals surface area contributed by atoms with E-state index < -0.39 is 24.0 Å². The van der Waals surface area contributed by atoms with Gasteiger partial charge in [-0.25, -0.2) is 0 Å². The van der Waals surface area contributed by atoms with Gasteiger partial charge in [-0.1, -0.05) is 18.2 Å². The van der Waals surface area contributed by atoms with Crippen LogP contribution in [0.4, 0.5) is 18.9 Å². The van der Waals surface area contributed by atoms with Gasteiger partial charge in [0.05, 0.1) is 11.0 Å². The molecule has 0 bridgehead atoms. The molecule has 1 N–H and O–H groups in total. The summed E-state index contributed by atoms with van der Waals surface area (Å²) in [4.78, 5) is 9.16. The van der Waals surface area contributed by atoms with E-state index >= 15 is 0 Å². The minimum absolute atomic E-state index is 0.0570. The second-order valence-electron chi connectivity index (χ2n) is 6.14. The van der Waals surface area contributed by atoms with E-state index in [4.69, 9.17) is 4.74 Å². The first-order valence-corrected chi connectivity index (χ1v) is 9.38. The predicted octanol–water partition coefficient (Wildman–Crippen LogP) is 3.88. The summed E-state index contributed by atoms with van der Waals surface area (Å²) in [7, 11) is 3.82. The van der Waals surface area contributed by atoms with Crippen molar-refractivity contribution >= 4 is 27.9 Å². The van der Waals surface area contributed by atoms with Gasteiger partial charge in [0.25, 0.3) is 0 Å². The average Bonchev–Trinajstić information content (AvgIpc) is 3.03. The molecule has 0 amide bonds. The zero-order valence-electron chi connectivity index (χ0n) is 14.7. The number of anilines is 1. The summed E-state index contributed by atoms with van der Waals surface area (Å²) in [5.74, 6) is 0.326. The number of hydrogen-bond donors (Lipinski definition) is 1. The van der Waals surface area contributed by atoms with Crippen LogP contribution in [0.5, 0.6) is 5.75 Å². The molecule has 9 heteroatoms. The predicted molar refractivity (Wildman–Crippen MR) is 98.5 cm³/mol. The van der Waals surface area contributed by atoms with Gasteiger partial charge in [0.1, 0.15) is 11.5 Å². The number of aromatic amines is 1. The number of fused-ring (bicyclic) bond motifs is 1. The van der Waals surface area contributed by atoms with Gasteiger partial charge >= 0.3 is 11.3 Å². The second kappa shape index (κ2) is 7.69. The van der Waals surface area contributed by atoms with Crippen molar-refractivity contribution in [3.63, 3.8) is 0 Å². The standard InChI is InChI=1S/C18H18F3N3O2S/c1-24(2)16-6-4-3-5-12(16)10-27(25)17-22-14-8-7-13(9-15(14)23-17)26-11-18(19,20)21/h3-9H,10-11H2,1-2H3,(H,22,23). The summed E-state index contributed by atoms with van der Waals surface area (Å²) in [6.07, 6.45) is -4.41. The normalized spacial score (nSPS) is 13.0. The molecule has 1 heterocycles. The molecule has 0 saturated carbocycles. The molecule has 1 atom stereocenters. The van der Waals surface area contributed by atoms with Crippen molar-refractivity contribution in [1.29, 1.82) is 0 Å². The van der Waals surface area contributed by atoms with Crippen LogP contribution in [-0.2, 0) is 16.9 Å². The lowest BCUT2D eigenvalue weighted by molar-refractivity contribution is -0.153. The Kier molecular flexibility index (Phi) is 5.52. The number of H-pyrrole nitrogens is 1. The molecule has 0 aliphatic rings. The summed E-state index contributed by atoms with van der Waals surface area (Å²) in [5, 5.41) is 0.270. The number of ether oxygens (including phenoxy) is 1. The van der Waals surface area contributed by atoms with Gasteiger partial charge in [-0.05, 0) is 18.2 Å². The van der Waals surface area contributed by atoms with Gasteiger partial charge in [-0.15, -0.1) is 0 Å². The molecular weight excluding hydrogens is 379 g/mol. The van der Waals surface area contributed by atoms with Crippen LogP contribution in [0.2, 0.25) is 0 Å². The van der Waals surface area contributed by atoms with Crippen molar-refractivity contribution in [2.75, 3.05) is 25.6 Å². The minimum Gasteiger partial charge on any atom is -0.609 e. The molecule has 1 unspecified atom stereocenters. The summed E-state index contributed by atoms with van der Waals surface area (Å²) < 4.78 is 54.3. The summed E-state index contributed by atoms with van der Waals surface area (Å²) in [5.41, 5.74) is 2.86. The van der Waals surface area contributed by atoms with Gasteiger partial charge in [0, 0.05) is 42.6 Å². The molecule has 1 aromatic heterocycles. The fourth-order valence-corrected chi connectivity index (χ4v) is 3.69. The SMILES string of the molecule is CN(C)c1ccccc1C[S+]([O-])c1nc2cc(OCC(F)(F)F)ccc2[nH]1. The molecule has 0 spiro atoms.